The molecule has 172 valence electrons. The van der Waals surface area contributed by atoms with E-state index in [1.165, 1.54) is 11.8 Å². The number of amidine groups is 1. The first-order chi connectivity index (χ1) is 15.9. The summed E-state index contributed by atoms with van der Waals surface area (Å²) in [6, 6.07) is 13.4. The number of ether oxygens (including phenoxy) is 2. The van der Waals surface area contributed by atoms with Gasteiger partial charge >= 0.3 is 0 Å². The van der Waals surface area contributed by atoms with E-state index in [9.17, 15) is 9.59 Å². The van der Waals surface area contributed by atoms with Crippen LogP contribution in [-0.4, -0.2) is 61.0 Å². The Labute approximate surface area is 198 Å². The molecule has 0 radical (unpaired) electrons. The Bertz CT molecular complexity index is 1080. The van der Waals surface area contributed by atoms with Crippen LogP contribution in [0.1, 0.15) is 16.7 Å². The number of anilines is 1. The second kappa shape index (κ2) is 10.2. The summed E-state index contributed by atoms with van der Waals surface area (Å²) in [6.07, 6.45) is 1.76. The fraction of sp³-hybridized carbons (Fsp3) is 0.320. The molecule has 2 aromatic rings. The van der Waals surface area contributed by atoms with Crippen LogP contribution < -0.4 is 9.64 Å². The van der Waals surface area contributed by atoms with Crippen molar-refractivity contribution in [1.29, 1.82) is 0 Å². The van der Waals surface area contributed by atoms with Gasteiger partial charge < -0.3 is 14.4 Å². The summed E-state index contributed by atoms with van der Waals surface area (Å²) < 4.78 is 10.5. The summed E-state index contributed by atoms with van der Waals surface area (Å²) in [4.78, 5) is 34.1. The number of aryl methyl sites for hydroxylation is 2. The Kier molecular flexibility index (Phi) is 7.15. The SMILES string of the molecule is COc1ccc(/C=C2\N=C(SCC(=O)N3CCOCC3)N(c3cc(C)cc(C)c3)C2=O)cc1. The molecule has 2 aliphatic heterocycles. The fourth-order valence-electron chi connectivity index (χ4n) is 3.79. The molecule has 33 heavy (non-hydrogen) atoms. The first-order valence-corrected chi connectivity index (χ1v) is 11.8. The van der Waals surface area contributed by atoms with Crippen molar-refractivity contribution in [2.24, 2.45) is 4.99 Å². The monoisotopic (exact) mass is 465 g/mol. The van der Waals surface area contributed by atoms with Gasteiger partial charge in [0.2, 0.25) is 5.91 Å². The van der Waals surface area contributed by atoms with E-state index in [1.807, 2.05) is 50.2 Å². The van der Waals surface area contributed by atoms with Gasteiger partial charge in [-0.25, -0.2) is 4.99 Å². The standard InChI is InChI=1S/C25H27N3O4S/c1-17-12-18(2)14-20(13-17)28-24(30)22(15-19-4-6-21(31-3)7-5-19)26-25(28)33-16-23(29)27-8-10-32-11-9-27/h4-7,12-15H,8-11,16H2,1-3H3/b22-15-. The lowest BCUT2D eigenvalue weighted by molar-refractivity contribution is -0.132. The van der Waals surface area contributed by atoms with Gasteiger partial charge in [0, 0.05) is 13.1 Å². The Morgan fingerprint density at radius 2 is 1.79 bits per heavy atom. The molecule has 1 fully saturated rings. The summed E-state index contributed by atoms with van der Waals surface area (Å²) in [7, 11) is 1.61. The highest BCUT2D eigenvalue weighted by molar-refractivity contribution is 8.14. The molecule has 0 spiro atoms. The second-order valence-electron chi connectivity index (χ2n) is 7.97. The third-order valence-corrected chi connectivity index (χ3v) is 6.33. The van der Waals surface area contributed by atoms with E-state index in [0.29, 0.717) is 37.2 Å². The molecule has 2 aromatic carbocycles. The van der Waals surface area contributed by atoms with Crippen LogP contribution in [0.3, 0.4) is 0 Å². The number of thioether (sulfide) groups is 1. The van der Waals surface area contributed by atoms with Crippen LogP contribution in [0.4, 0.5) is 5.69 Å². The zero-order chi connectivity index (χ0) is 23.4. The molecule has 0 bridgehead atoms. The normalized spacial score (nSPS) is 17.5. The van der Waals surface area contributed by atoms with Gasteiger partial charge in [-0.15, -0.1) is 0 Å². The van der Waals surface area contributed by atoms with E-state index in [4.69, 9.17) is 9.47 Å². The topological polar surface area (TPSA) is 71.4 Å². The maximum atomic E-state index is 13.4. The smallest absolute Gasteiger partial charge is 0.283 e. The molecule has 0 N–H and O–H groups in total. The lowest BCUT2D eigenvalue weighted by Crippen LogP contribution is -2.42. The summed E-state index contributed by atoms with van der Waals surface area (Å²) >= 11 is 1.29. The number of rotatable bonds is 5. The Morgan fingerprint density at radius 3 is 2.42 bits per heavy atom. The van der Waals surface area contributed by atoms with E-state index in [0.717, 1.165) is 28.1 Å². The molecular weight excluding hydrogens is 438 g/mol. The highest BCUT2D eigenvalue weighted by Gasteiger charge is 2.33. The average Bonchev–Trinajstić information content (AvgIpc) is 3.12. The van der Waals surface area contributed by atoms with Crippen molar-refractivity contribution >= 4 is 40.5 Å². The zero-order valence-electron chi connectivity index (χ0n) is 19.0. The van der Waals surface area contributed by atoms with Crippen molar-refractivity contribution in [2.45, 2.75) is 13.8 Å². The predicted octanol–water partition coefficient (Wildman–Crippen LogP) is 3.65. The molecule has 1 saturated heterocycles. The van der Waals surface area contributed by atoms with Crippen LogP contribution in [0.25, 0.3) is 6.08 Å². The third-order valence-electron chi connectivity index (χ3n) is 5.40. The number of nitrogens with zero attached hydrogens (tertiary/aromatic N) is 3. The molecule has 0 unspecified atom stereocenters. The predicted molar refractivity (Wildman–Crippen MR) is 132 cm³/mol. The number of amides is 2. The summed E-state index contributed by atoms with van der Waals surface area (Å²) in [5.41, 5.74) is 4.04. The minimum atomic E-state index is -0.211. The highest BCUT2D eigenvalue weighted by Crippen LogP contribution is 2.31. The van der Waals surface area contributed by atoms with Crippen molar-refractivity contribution in [3.8, 4) is 5.75 Å². The van der Waals surface area contributed by atoms with E-state index < -0.39 is 0 Å². The maximum Gasteiger partial charge on any atom is 0.283 e. The van der Waals surface area contributed by atoms with E-state index in [1.54, 1.807) is 23.0 Å². The quantitative estimate of drug-likeness (QED) is 0.631. The summed E-state index contributed by atoms with van der Waals surface area (Å²) in [5, 5.41) is 0.506. The van der Waals surface area contributed by atoms with Gasteiger partial charge in [0.1, 0.15) is 11.4 Å². The highest BCUT2D eigenvalue weighted by atomic mass is 32.2. The van der Waals surface area contributed by atoms with Gasteiger partial charge in [-0.3, -0.25) is 14.5 Å². The number of carbonyl (C=O) groups is 2. The van der Waals surface area contributed by atoms with Crippen LogP contribution in [0, 0.1) is 13.8 Å². The lowest BCUT2D eigenvalue weighted by Gasteiger charge is -2.27. The molecule has 7 nitrogen and oxygen atoms in total. The molecule has 0 aliphatic carbocycles. The van der Waals surface area contributed by atoms with Crippen LogP contribution in [0.5, 0.6) is 5.75 Å². The van der Waals surface area contributed by atoms with Gasteiger partial charge in [-0.05, 0) is 60.9 Å². The number of hydrogen-bond acceptors (Lipinski definition) is 6. The molecule has 2 aliphatic rings. The van der Waals surface area contributed by atoms with Gasteiger partial charge in [-0.2, -0.15) is 0 Å². The van der Waals surface area contributed by atoms with Gasteiger partial charge in [0.15, 0.2) is 5.17 Å². The van der Waals surface area contributed by atoms with E-state index in [2.05, 4.69) is 11.1 Å². The van der Waals surface area contributed by atoms with Crippen molar-refractivity contribution in [1.82, 2.24) is 4.90 Å². The molecular formula is C25H27N3O4S. The van der Waals surface area contributed by atoms with Crippen LogP contribution >= 0.6 is 11.8 Å². The molecule has 2 heterocycles. The summed E-state index contributed by atoms with van der Waals surface area (Å²) in [5.74, 6) is 0.764. The number of morpholine rings is 1. The number of aliphatic imine (C=N–C) groups is 1. The van der Waals surface area contributed by atoms with Crippen molar-refractivity contribution < 1.29 is 19.1 Å². The Morgan fingerprint density at radius 1 is 1.12 bits per heavy atom. The Hall–Kier alpha value is -3.10. The zero-order valence-corrected chi connectivity index (χ0v) is 19.9. The van der Waals surface area contributed by atoms with E-state index in [-0.39, 0.29) is 17.6 Å². The number of hydrogen-bond donors (Lipinski definition) is 0. The number of carbonyl (C=O) groups excluding carboxylic acids is 2. The maximum absolute atomic E-state index is 13.4. The summed E-state index contributed by atoms with van der Waals surface area (Å²) in [6.45, 7) is 6.29. The number of methoxy groups -OCH3 is 1. The molecule has 2 amide bonds. The molecule has 0 saturated carbocycles. The molecule has 0 aromatic heterocycles. The first-order valence-electron chi connectivity index (χ1n) is 10.8. The van der Waals surface area contributed by atoms with Crippen LogP contribution in [0.15, 0.2) is 53.2 Å². The molecule has 4 rings (SSSR count). The first kappa shape index (κ1) is 23.1. The third kappa shape index (κ3) is 5.46. The molecule has 8 heteroatoms. The average molecular weight is 466 g/mol. The number of benzene rings is 2. The van der Waals surface area contributed by atoms with Gasteiger partial charge in [0.05, 0.1) is 31.8 Å². The van der Waals surface area contributed by atoms with Crippen molar-refractivity contribution in [2.75, 3.05) is 44.1 Å². The van der Waals surface area contributed by atoms with Crippen molar-refractivity contribution in [3.63, 3.8) is 0 Å². The van der Waals surface area contributed by atoms with Gasteiger partial charge in [-0.1, -0.05) is 30.0 Å². The second-order valence-corrected chi connectivity index (χ2v) is 8.91. The van der Waals surface area contributed by atoms with Crippen molar-refractivity contribution in [3.05, 3.63) is 64.9 Å². The Balaban J connectivity index is 1.61. The minimum Gasteiger partial charge on any atom is -0.497 e. The van der Waals surface area contributed by atoms with Crippen LogP contribution in [-0.2, 0) is 14.3 Å². The largest absolute Gasteiger partial charge is 0.497 e. The van der Waals surface area contributed by atoms with Crippen LogP contribution in [0.2, 0.25) is 0 Å². The fourth-order valence-corrected chi connectivity index (χ4v) is 4.70. The minimum absolute atomic E-state index is 0.0198. The van der Waals surface area contributed by atoms with Gasteiger partial charge in [0.25, 0.3) is 5.91 Å². The van der Waals surface area contributed by atoms with E-state index >= 15 is 0 Å². The molecule has 0 atom stereocenters. The lowest BCUT2D eigenvalue weighted by atomic mass is 10.1.